The zero-order valence-electron chi connectivity index (χ0n) is 75.3. The van der Waals surface area contributed by atoms with Crippen LogP contribution in [-0.2, 0) is 149 Å². The Morgan fingerprint density at radius 3 is 0.610 bits per heavy atom. The fourth-order valence-electron chi connectivity index (χ4n) is 19.5. The molecule has 0 saturated carbocycles. The Morgan fingerprint density at radius 1 is 0.229 bits per heavy atom. The largest absolute Gasteiger partial charge is 0.469 e. The van der Waals surface area contributed by atoms with E-state index in [0.717, 1.165) is 105 Å². The molecular formula is C86H134O30S2. The first-order chi connectivity index (χ1) is 54.3. The maximum absolute atomic E-state index is 15.0. The van der Waals surface area contributed by atoms with E-state index in [1.807, 2.05) is 30.3 Å². The predicted octanol–water partition coefficient (Wildman–Crippen LogP) is 11.6. The lowest BCUT2D eigenvalue weighted by Gasteiger charge is -2.47. The van der Waals surface area contributed by atoms with Crippen LogP contribution < -0.4 is 0 Å². The number of thioether (sulfide) groups is 2. The van der Waals surface area contributed by atoms with Gasteiger partial charge in [0.2, 0.25) is 0 Å². The average Bonchev–Trinajstić information content (AvgIpc) is 0.748. The second-order valence-electron chi connectivity index (χ2n) is 36.0. The van der Waals surface area contributed by atoms with Gasteiger partial charge in [0.15, 0.2) is 0 Å². The van der Waals surface area contributed by atoms with Gasteiger partial charge in [0, 0.05) is 30.1 Å². The lowest BCUT2D eigenvalue weighted by atomic mass is 9.55. The van der Waals surface area contributed by atoms with Crippen molar-refractivity contribution in [1.82, 2.24) is 0 Å². The molecule has 0 aliphatic rings. The molecular weight excluding hydrogens is 1580 g/mol. The highest BCUT2D eigenvalue weighted by Gasteiger charge is 2.63. The summed E-state index contributed by atoms with van der Waals surface area (Å²) in [4.78, 5) is 230. The second kappa shape index (κ2) is 44.4. The van der Waals surface area contributed by atoms with Gasteiger partial charge in [-0.1, -0.05) is 30.3 Å². The van der Waals surface area contributed by atoms with Crippen LogP contribution in [0.5, 0.6) is 0 Å². The minimum Gasteiger partial charge on any atom is -0.469 e. The third-order valence-corrected chi connectivity index (χ3v) is 25.3. The van der Waals surface area contributed by atoms with Gasteiger partial charge in [0.25, 0.3) is 0 Å². The van der Waals surface area contributed by atoms with E-state index in [1.54, 1.807) is 18.7 Å². The molecule has 13 unspecified atom stereocenters. The number of carbonyl (C=O) groups is 16. The van der Waals surface area contributed by atoms with Crippen molar-refractivity contribution in [1.29, 1.82) is 0 Å². The number of aryl methyl sites for hydroxylation is 1. The molecule has 1 rings (SSSR count). The van der Waals surface area contributed by atoms with Crippen LogP contribution in [0.25, 0.3) is 0 Å². The Balaban J connectivity index is 4.30. The van der Waals surface area contributed by atoms with Crippen LogP contribution in [0.15, 0.2) is 30.3 Å². The summed E-state index contributed by atoms with van der Waals surface area (Å²) < 4.78 is 75.6. The molecule has 1 aromatic carbocycles. The molecule has 13 atom stereocenters. The second-order valence-corrected chi connectivity index (χ2v) is 38.3. The number of esters is 14. The summed E-state index contributed by atoms with van der Waals surface area (Å²) in [6, 6.07) is 9.92. The van der Waals surface area contributed by atoms with Crippen LogP contribution >= 0.6 is 23.5 Å². The highest BCUT2D eigenvalue weighted by molar-refractivity contribution is 7.99. The van der Waals surface area contributed by atoms with Gasteiger partial charge in [0.05, 0.1) is 182 Å². The highest BCUT2D eigenvalue weighted by atomic mass is 32.2. The van der Waals surface area contributed by atoms with Gasteiger partial charge < -0.3 is 66.3 Å². The maximum Gasteiger partial charge on any atom is 0.312 e. The van der Waals surface area contributed by atoms with Gasteiger partial charge in [0.1, 0.15) is 11.6 Å². The Hall–Kier alpha value is -8.16. The molecule has 0 fully saturated rings. The van der Waals surface area contributed by atoms with Gasteiger partial charge in [-0.15, -0.1) is 0 Å². The molecule has 0 bridgehead atoms. The minimum atomic E-state index is -2.11. The van der Waals surface area contributed by atoms with Crippen molar-refractivity contribution in [3.63, 3.8) is 0 Å². The van der Waals surface area contributed by atoms with Gasteiger partial charge in [-0.3, -0.25) is 76.7 Å². The summed E-state index contributed by atoms with van der Waals surface area (Å²) in [7, 11) is 15.0. The van der Waals surface area contributed by atoms with Crippen LogP contribution in [0.1, 0.15) is 212 Å². The fraction of sp³-hybridized carbons (Fsp3) is 0.744. The van der Waals surface area contributed by atoms with Crippen molar-refractivity contribution >= 4 is 119 Å². The van der Waals surface area contributed by atoms with E-state index in [4.69, 9.17) is 66.3 Å². The first kappa shape index (κ1) is 108. The van der Waals surface area contributed by atoms with Gasteiger partial charge >= 0.3 is 83.6 Å². The van der Waals surface area contributed by atoms with Gasteiger partial charge in [-0.05, 0) is 205 Å². The van der Waals surface area contributed by atoms with Crippen LogP contribution in [0.2, 0.25) is 0 Å². The van der Waals surface area contributed by atoms with E-state index >= 15 is 9.59 Å². The standard InChI is InChI=1S/C86H134O30S2/c1-73(2,59(89)103-16)42-74(3,60(90)104-17)43-75(4,61(91)105-18)44-76(5,62(92)106-19)45-77(6,63(93)107-20)46-78(7,64(94)108-21)47-79(8,65(95)109-22)48-80(9,66(96)110-23)49-81(10,67(97)111-24)50-82(11,68(98)112-25)51-83(12,69(99)113-26)52-84(13,70(100)114-27)53-85(14,71(101)115-28)54-86(15,72(102)116-29)55-118-40-37-58(88)41-57(87)36-39-117-38-35-56-33-31-30-32-34-56/h30-34H,35-55H2,1-29H3. The van der Waals surface area contributed by atoms with Crippen LogP contribution in [-0.4, -0.2) is 218 Å². The molecule has 0 spiro atoms. The third-order valence-electron chi connectivity index (χ3n) is 23.0. The van der Waals surface area contributed by atoms with Crippen molar-refractivity contribution in [2.45, 2.75) is 213 Å². The van der Waals surface area contributed by atoms with Crippen molar-refractivity contribution in [3.05, 3.63) is 35.9 Å². The molecule has 0 N–H and O–H groups in total. The first-order valence-corrected chi connectivity index (χ1v) is 41.0. The molecule has 0 aliphatic carbocycles. The van der Waals surface area contributed by atoms with Crippen LogP contribution in [0.4, 0.5) is 0 Å². The summed E-state index contributed by atoms with van der Waals surface area (Å²) in [6.07, 6.45) is -6.55. The third kappa shape index (κ3) is 28.0. The average molecular weight is 1710 g/mol. The summed E-state index contributed by atoms with van der Waals surface area (Å²) in [5, 5.41) is 0. The number of carbonyl (C=O) groups excluding carboxylic acids is 16. The minimum absolute atomic E-state index is 0.0138. The monoisotopic (exact) mass is 1710 g/mol. The molecule has 118 heavy (non-hydrogen) atoms. The zero-order valence-corrected chi connectivity index (χ0v) is 76.9. The van der Waals surface area contributed by atoms with Crippen molar-refractivity contribution in [2.24, 2.45) is 75.8 Å². The number of benzene rings is 1. The summed E-state index contributed by atoms with van der Waals surface area (Å²) >= 11 is 2.82. The number of hydrogen-bond donors (Lipinski definition) is 0. The Kier molecular flexibility index (Phi) is 40.6. The Morgan fingerprint density at radius 2 is 0.407 bits per heavy atom. The SMILES string of the molecule is COC(=O)C(C)(C)CC(C)(CC(C)(CC(C)(CC(C)(CC(C)(CC(C)(CC(C)(CC(C)(CC(C)(CC(C)(CC(C)(CC(C)(CC(C)(CSCCC(=O)CC(=O)CCSCCc1ccccc1)C(=O)OC)C(=O)OC)C(=O)OC)C(=O)OC)C(=O)OC)C(=O)OC)C(=O)OC)C(=O)OC)C(=O)OC)C(=O)OC)C(=O)OC)C(=O)OC)C(=O)OC. The van der Waals surface area contributed by atoms with E-state index in [0.29, 0.717) is 5.75 Å². The molecule has 0 saturated heterocycles. The Bertz CT molecular complexity index is 3730. The smallest absolute Gasteiger partial charge is 0.312 e. The fourth-order valence-corrected chi connectivity index (χ4v) is 21.7. The molecule has 0 amide bonds. The van der Waals surface area contributed by atoms with E-state index in [2.05, 4.69) is 0 Å². The Labute approximate surface area is 705 Å². The topological polar surface area (TPSA) is 402 Å². The molecule has 0 aliphatic heterocycles. The summed E-state index contributed by atoms with van der Waals surface area (Å²) in [6.45, 7) is 21.2. The zero-order chi connectivity index (χ0) is 91.5. The van der Waals surface area contributed by atoms with Crippen molar-refractivity contribution < 1.29 is 143 Å². The number of ether oxygens (including phenoxy) is 14. The highest BCUT2D eigenvalue weighted by Crippen LogP contribution is 2.59. The van der Waals surface area contributed by atoms with E-state index < -0.39 is 230 Å². The number of rotatable bonds is 53. The maximum atomic E-state index is 15.0. The predicted molar refractivity (Wildman–Crippen MR) is 436 cm³/mol. The molecule has 1 aromatic rings. The molecule has 0 heterocycles. The molecule has 0 aromatic heterocycles. The first-order valence-electron chi connectivity index (χ1n) is 38.7. The molecule has 30 nitrogen and oxygen atoms in total. The number of methoxy groups -OCH3 is 14. The summed E-state index contributed by atoms with van der Waals surface area (Å²) in [5.41, 5.74) is -25.6. The normalized spacial score (nSPS) is 18.2. The summed E-state index contributed by atoms with van der Waals surface area (Å²) in [5.74, 6) is -12.4. The number of ketones is 2. The number of Topliss-reactive ketones (excluding diaryl/α,β-unsaturated/α-hetero) is 2. The molecule has 0 radical (unpaired) electrons. The van der Waals surface area contributed by atoms with E-state index in [1.165, 1.54) is 121 Å². The molecule has 670 valence electrons. The van der Waals surface area contributed by atoms with Crippen molar-refractivity contribution in [3.8, 4) is 0 Å². The van der Waals surface area contributed by atoms with Gasteiger partial charge in [-0.2, -0.15) is 23.5 Å². The molecule has 32 heteroatoms. The lowest BCUT2D eigenvalue weighted by Crippen LogP contribution is -2.51. The van der Waals surface area contributed by atoms with Crippen LogP contribution in [0, 0.1) is 75.8 Å². The van der Waals surface area contributed by atoms with E-state index in [-0.39, 0.29) is 55.2 Å². The lowest BCUT2D eigenvalue weighted by molar-refractivity contribution is -0.175. The van der Waals surface area contributed by atoms with Crippen molar-refractivity contribution in [2.75, 3.05) is 123 Å². The quantitative estimate of drug-likeness (QED) is 0.0253. The van der Waals surface area contributed by atoms with E-state index in [9.17, 15) is 67.1 Å². The van der Waals surface area contributed by atoms with Gasteiger partial charge in [-0.25, -0.2) is 0 Å². The number of hydrogen-bond acceptors (Lipinski definition) is 32. The van der Waals surface area contributed by atoms with Crippen LogP contribution in [0.3, 0.4) is 0 Å².